The molecule has 0 amide bonds. The van der Waals surface area contributed by atoms with Crippen LogP contribution in [-0.2, 0) is 12.8 Å². The molecule has 106 valence electrons. The molecule has 0 aliphatic rings. The topological polar surface area (TPSA) is 9.23 Å². The molecule has 0 saturated carbocycles. The summed E-state index contributed by atoms with van der Waals surface area (Å²) in [7, 11) is 0. The Morgan fingerprint density at radius 3 is 2.40 bits per heavy atom. The van der Waals surface area contributed by atoms with Crippen molar-refractivity contribution >= 4 is 15.9 Å². The smallest absolute Gasteiger partial charge is 0.419 e. The third-order valence-electron chi connectivity index (χ3n) is 2.57. The highest BCUT2D eigenvalue weighted by molar-refractivity contribution is 9.10. The van der Waals surface area contributed by atoms with Crippen molar-refractivity contribution in [1.82, 2.24) is 0 Å². The van der Waals surface area contributed by atoms with E-state index >= 15 is 0 Å². The van der Waals surface area contributed by atoms with E-state index in [0.29, 0.717) is 5.56 Å². The van der Waals surface area contributed by atoms with Crippen LogP contribution in [0.5, 0.6) is 5.75 Å². The standard InChI is InChI=1S/C14H9BrF4O/c15-11-7-9(5-6-12(11)16)8-20-13-4-2-1-3-10(13)14(17,18)19/h1-7H,8H2. The minimum absolute atomic E-state index is 0.0774. The minimum atomic E-state index is -4.47. The molecule has 0 bridgehead atoms. The largest absolute Gasteiger partial charge is 0.488 e. The highest BCUT2D eigenvalue weighted by Crippen LogP contribution is 2.36. The first-order valence-electron chi connectivity index (χ1n) is 5.61. The molecule has 6 heteroatoms. The number of ether oxygens (including phenoxy) is 1. The third kappa shape index (κ3) is 3.50. The van der Waals surface area contributed by atoms with Gasteiger partial charge in [0.25, 0.3) is 0 Å². The first kappa shape index (κ1) is 14.8. The second-order valence-electron chi connectivity index (χ2n) is 4.03. The van der Waals surface area contributed by atoms with Crippen LogP contribution < -0.4 is 4.74 Å². The van der Waals surface area contributed by atoms with Crippen LogP contribution in [0.3, 0.4) is 0 Å². The Bertz CT molecular complexity index is 610. The Morgan fingerprint density at radius 2 is 1.75 bits per heavy atom. The van der Waals surface area contributed by atoms with Crippen molar-refractivity contribution in [2.45, 2.75) is 12.8 Å². The molecule has 0 aromatic heterocycles. The summed E-state index contributed by atoms with van der Waals surface area (Å²) in [5.74, 6) is -0.690. The van der Waals surface area contributed by atoms with Gasteiger partial charge < -0.3 is 4.74 Å². The SMILES string of the molecule is Fc1ccc(COc2ccccc2C(F)(F)F)cc1Br. The molecular formula is C14H9BrF4O. The van der Waals surface area contributed by atoms with E-state index in [-0.39, 0.29) is 16.8 Å². The van der Waals surface area contributed by atoms with E-state index in [1.165, 1.54) is 36.4 Å². The summed E-state index contributed by atoms with van der Waals surface area (Å²) in [6.45, 7) is -0.0774. The molecule has 2 aromatic carbocycles. The molecule has 0 N–H and O–H groups in total. The van der Waals surface area contributed by atoms with Gasteiger partial charge in [0.1, 0.15) is 18.2 Å². The second-order valence-corrected chi connectivity index (χ2v) is 4.89. The number of halogens is 5. The Labute approximate surface area is 121 Å². The van der Waals surface area contributed by atoms with Gasteiger partial charge in [0.05, 0.1) is 10.0 Å². The summed E-state index contributed by atoms with van der Waals surface area (Å²) in [6.07, 6.45) is -4.47. The maximum Gasteiger partial charge on any atom is 0.419 e. The van der Waals surface area contributed by atoms with E-state index in [9.17, 15) is 17.6 Å². The van der Waals surface area contributed by atoms with E-state index in [0.717, 1.165) is 6.07 Å². The van der Waals surface area contributed by atoms with Crippen LogP contribution in [0.4, 0.5) is 17.6 Å². The van der Waals surface area contributed by atoms with Crippen molar-refractivity contribution in [1.29, 1.82) is 0 Å². The van der Waals surface area contributed by atoms with Crippen molar-refractivity contribution in [2.24, 2.45) is 0 Å². The van der Waals surface area contributed by atoms with E-state index in [2.05, 4.69) is 15.9 Å². The summed E-state index contributed by atoms with van der Waals surface area (Å²) in [5, 5.41) is 0. The number of para-hydroxylation sites is 1. The first-order chi connectivity index (χ1) is 9.38. The maximum atomic E-state index is 13.0. The summed E-state index contributed by atoms with van der Waals surface area (Å²) >= 11 is 3.01. The van der Waals surface area contributed by atoms with Crippen LogP contribution in [0.1, 0.15) is 11.1 Å². The third-order valence-corrected chi connectivity index (χ3v) is 3.18. The summed E-state index contributed by atoms with van der Waals surface area (Å²) in [6, 6.07) is 9.10. The average Bonchev–Trinajstić information content (AvgIpc) is 2.39. The highest BCUT2D eigenvalue weighted by Gasteiger charge is 2.33. The minimum Gasteiger partial charge on any atom is -0.488 e. The van der Waals surface area contributed by atoms with Gasteiger partial charge in [-0.3, -0.25) is 0 Å². The number of hydrogen-bond acceptors (Lipinski definition) is 1. The first-order valence-corrected chi connectivity index (χ1v) is 6.40. The zero-order chi connectivity index (χ0) is 14.8. The fourth-order valence-electron chi connectivity index (χ4n) is 1.62. The molecule has 0 spiro atoms. The Balaban J connectivity index is 2.17. The maximum absolute atomic E-state index is 13.0. The predicted molar refractivity (Wildman–Crippen MR) is 69.9 cm³/mol. The van der Waals surface area contributed by atoms with Crippen LogP contribution in [0.15, 0.2) is 46.9 Å². The van der Waals surface area contributed by atoms with Gasteiger partial charge in [-0.15, -0.1) is 0 Å². The molecule has 2 aromatic rings. The molecule has 0 aliphatic heterocycles. The molecular weight excluding hydrogens is 340 g/mol. The molecule has 0 unspecified atom stereocenters. The molecule has 1 nitrogen and oxygen atoms in total. The molecule has 20 heavy (non-hydrogen) atoms. The fourth-order valence-corrected chi connectivity index (χ4v) is 2.04. The highest BCUT2D eigenvalue weighted by atomic mass is 79.9. The summed E-state index contributed by atoms with van der Waals surface area (Å²) in [5.41, 5.74) is -0.267. The molecule has 0 radical (unpaired) electrons. The van der Waals surface area contributed by atoms with Gasteiger partial charge in [0.2, 0.25) is 0 Å². The monoisotopic (exact) mass is 348 g/mol. The predicted octanol–water partition coefficient (Wildman–Crippen LogP) is 5.19. The Hall–Kier alpha value is -1.56. The molecule has 0 fully saturated rings. The molecule has 0 heterocycles. The zero-order valence-electron chi connectivity index (χ0n) is 10.0. The van der Waals surface area contributed by atoms with Gasteiger partial charge >= 0.3 is 6.18 Å². The van der Waals surface area contributed by atoms with Gasteiger partial charge in [-0.05, 0) is 45.8 Å². The van der Waals surface area contributed by atoms with Crippen LogP contribution in [0.25, 0.3) is 0 Å². The lowest BCUT2D eigenvalue weighted by atomic mass is 10.2. The van der Waals surface area contributed by atoms with Crippen molar-refractivity contribution in [3.8, 4) is 5.75 Å². The number of alkyl halides is 3. The lowest BCUT2D eigenvalue weighted by Crippen LogP contribution is -2.08. The van der Waals surface area contributed by atoms with Crippen LogP contribution in [-0.4, -0.2) is 0 Å². The number of rotatable bonds is 3. The normalized spacial score (nSPS) is 11.4. The second kappa shape index (κ2) is 5.83. The van der Waals surface area contributed by atoms with Crippen LogP contribution in [0.2, 0.25) is 0 Å². The van der Waals surface area contributed by atoms with Crippen LogP contribution in [0, 0.1) is 5.82 Å². The lowest BCUT2D eigenvalue weighted by Gasteiger charge is -2.13. The number of hydrogen-bond donors (Lipinski definition) is 0. The lowest BCUT2D eigenvalue weighted by molar-refractivity contribution is -0.139. The molecule has 0 saturated heterocycles. The Morgan fingerprint density at radius 1 is 1.05 bits per heavy atom. The fraction of sp³-hybridized carbons (Fsp3) is 0.143. The van der Waals surface area contributed by atoms with Gasteiger partial charge in [-0.2, -0.15) is 13.2 Å². The van der Waals surface area contributed by atoms with Gasteiger partial charge in [-0.25, -0.2) is 4.39 Å². The van der Waals surface area contributed by atoms with Gasteiger partial charge in [0.15, 0.2) is 0 Å². The van der Waals surface area contributed by atoms with Gasteiger partial charge in [0, 0.05) is 0 Å². The van der Waals surface area contributed by atoms with E-state index in [1.807, 2.05) is 0 Å². The number of benzene rings is 2. The molecule has 0 aliphatic carbocycles. The Kier molecular flexibility index (Phi) is 4.32. The van der Waals surface area contributed by atoms with Crippen molar-refractivity contribution < 1.29 is 22.3 Å². The van der Waals surface area contributed by atoms with Crippen molar-refractivity contribution in [3.63, 3.8) is 0 Å². The van der Waals surface area contributed by atoms with Gasteiger partial charge in [-0.1, -0.05) is 18.2 Å². The quantitative estimate of drug-likeness (QED) is 0.694. The van der Waals surface area contributed by atoms with Crippen molar-refractivity contribution in [2.75, 3.05) is 0 Å². The van der Waals surface area contributed by atoms with Crippen LogP contribution >= 0.6 is 15.9 Å². The summed E-state index contributed by atoms with van der Waals surface area (Å²) in [4.78, 5) is 0. The van der Waals surface area contributed by atoms with E-state index in [4.69, 9.17) is 4.74 Å². The van der Waals surface area contributed by atoms with Crippen molar-refractivity contribution in [3.05, 3.63) is 63.9 Å². The molecule has 0 atom stereocenters. The average molecular weight is 349 g/mol. The van der Waals surface area contributed by atoms with E-state index < -0.39 is 17.6 Å². The zero-order valence-corrected chi connectivity index (χ0v) is 11.6. The summed E-state index contributed by atoms with van der Waals surface area (Å²) < 4.78 is 56.7. The molecule has 2 rings (SSSR count). The van der Waals surface area contributed by atoms with E-state index in [1.54, 1.807) is 0 Å².